The van der Waals surface area contributed by atoms with Crippen molar-refractivity contribution in [3.05, 3.63) is 24.5 Å². The lowest BCUT2D eigenvalue weighted by Gasteiger charge is -2.24. The molecule has 0 saturated carbocycles. The van der Waals surface area contributed by atoms with Crippen LogP contribution in [0.25, 0.3) is 0 Å². The summed E-state index contributed by atoms with van der Waals surface area (Å²) >= 11 is 0. The van der Waals surface area contributed by atoms with Gasteiger partial charge in [0.2, 0.25) is 0 Å². The third-order valence-electron chi connectivity index (χ3n) is 2.75. The zero-order chi connectivity index (χ0) is 16.3. The summed E-state index contributed by atoms with van der Waals surface area (Å²) in [6.07, 6.45) is 4.71. The molecule has 1 aromatic rings. The topological polar surface area (TPSA) is 51.5 Å². The molecule has 0 atom stereocenters. The van der Waals surface area contributed by atoms with E-state index in [2.05, 4.69) is 37.7 Å². The highest BCUT2D eigenvalue weighted by molar-refractivity contribution is 6.00. The Morgan fingerprint density at radius 2 is 1.32 bits per heavy atom. The molecule has 0 spiro atoms. The molecule has 5 nitrogen and oxygen atoms in total. The standard InChI is InChI=1S/C8H13NO3.C8H13N.CH4/c1-8(2,3)12-9-6(10)4-5-7(9)11;1-8(2,3)9-6-4-5-7-9;/h4-5H2,1-3H3;4-7H,1-3H3;1H4. The number of carbonyl (C=O) groups excluding carboxylic acids is 2. The van der Waals surface area contributed by atoms with Gasteiger partial charge in [0, 0.05) is 30.8 Å². The Kier molecular flexibility index (Phi) is 7.03. The molecule has 126 valence electrons. The zero-order valence-corrected chi connectivity index (χ0v) is 13.8. The average Bonchev–Trinajstić information content (AvgIpc) is 2.93. The van der Waals surface area contributed by atoms with Crippen LogP contribution in [0.15, 0.2) is 24.5 Å². The summed E-state index contributed by atoms with van der Waals surface area (Å²) in [6, 6.07) is 4.09. The predicted octanol–water partition coefficient (Wildman–Crippen LogP) is 3.74. The first-order valence-corrected chi connectivity index (χ1v) is 7.19. The molecule has 1 aliphatic rings. The van der Waals surface area contributed by atoms with Crippen LogP contribution in [-0.2, 0) is 20.0 Å². The Hall–Kier alpha value is -1.62. The molecule has 0 radical (unpaired) electrons. The van der Waals surface area contributed by atoms with Crippen LogP contribution in [0.2, 0.25) is 0 Å². The molecule has 1 aromatic heterocycles. The molecule has 1 fully saturated rings. The quantitative estimate of drug-likeness (QED) is 0.742. The molecule has 0 bridgehead atoms. The van der Waals surface area contributed by atoms with Gasteiger partial charge >= 0.3 is 0 Å². The monoisotopic (exact) mass is 310 g/mol. The Morgan fingerprint density at radius 1 is 0.909 bits per heavy atom. The van der Waals surface area contributed by atoms with Gasteiger partial charge in [-0.25, -0.2) is 0 Å². The summed E-state index contributed by atoms with van der Waals surface area (Å²) in [5.41, 5.74) is -0.251. The lowest BCUT2D eigenvalue weighted by Crippen LogP contribution is -2.37. The maximum atomic E-state index is 11.0. The van der Waals surface area contributed by atoms with Gasteiger partial charge in [-0.15, -0.1) is 0 Å². The van der Waals surface area contributed by atoms with Crippen LogP contribution in [0.3, 0.4) is 0 Å². The third-order valence-corrected chi connectivity index (χ3v) is 2.75. The molecule has 2 amide bonds. The lowest BCUT2D eigenvalue weighted by molar-refractivity contribution is -0.218. The first-order chi connectivity index (χ1) is 9.50. The van der Waals surface area contributed by atoms with Crippen LogP contribution in [-0.4, -0.2) is 27.0 Å². The van der Waals surface area contributed by atoms with E-state index in [1.54, 1.807) is 20.8 Å². The van der Waals surface area contributed by atoms with Crippen LogP contribution < -0.4 is 0 Å². The minimum atomic E-state index is -0.490. The minimum absolute atomic E-state index is 0. The Balaban J connectivity index is 0.000000397. The molecule has 2 heterocycles. The average molecular weight is 310 g/mol. The second-order valence-electron chi connectivity index (χ2n) is 7.05. The summed E-state index contributed by atoms with van der Waals surface area (Å²) in [5.74, 6) is -0.482. The maximum absolute atomic E-state index is 11.0. The van der Waals surface area contributed by atoms with Crippen molar-refractivity contribution < 1.29 is 14.4 Å². The van der Waals surface area contributed by atoms with Crippen molar-refractivity contribution >= 4 is 11.8 Å². The third kappa shape index (κ3) is 6.43. The van der Waals surface area contributed by atoms with Gasteiger partial charge in [-0.1, -0.05) is 7.43 Å². The fourth-order valence-electron chi connectivity index (χ4n) is 1.71. The Morgan fingerprint density at radius 3 is 1.59 bits per heavy atom. The number of imide groups is 1. The van der Waals surface area contributed by atoms with Gasteiger partial charge in [-0.2, -0.15) is 5.06 Å². The summed E-state index contributed by atoms with van der Waals surface area (Å²) in [5, 5.41) is 0.875. The predicted molar refractivity (Wildman–Crippen MR) is 88.1 cm³/mol. The van der Waals surface area contributed by atoms with Crippen LogP contribution in [0, 0.1) is 0 Å². The normalized spacial score (nSPS) is 15.3. The summed E-state index contributed by atoms with van der Waals surface area (Å²) in [4.78, 5) is 27.2. The van der Waals surface area contributed by atoms with Crippen molar-refractivity contribution in [2.75, 3.05) is 0 Å². The van der Waals surface area contributed by atoms with E-state index < -0.39 is 5.60 Å². The highest BCUT2D eigenvalue weighted by Crippen LogP contribution is 2.18. The number of carbonyl (C=O) groups is 2. The van der Waals surface area contributed by atoms with Gasteiger partial charge in [-0.3, -0.25) is 14.4 Å². The molecule has 1 aliphatic heterocycles. The van der Waals surface area contributed by atoms with Gasteiger partial charge in [0.15, 0.2) is 0 Å². The van der Waals surface area contributed by atoms with Gasteiger partial charge in [0.1, 0.15) is 0 Å². The zero-order valence-electron chi connectivity index (χ0n) is 13.8. The lowest BCUT2D eigenvalue weighted by atomic mass is 10.1. The fourth-order valence-corrected chi connectivity index (χ4v) is 1.71. The molecular weight excluding hydrogens is 280 g/mol. The van der Waals surface area contributed by atoms with Crippen LogP contribution in [0.4, 0.5) is 0 Å². The summed E-state index contributed by atoms with van der Waals surface area (Å²) in [7, 11) is 0. The van der Waals surface area contributed by atoms with Crippen molar-refractivity contribution in [3.8, 4) is 0 Å². The van der Waals surface area contributed by atoms with E-state index in [1.807, 2.05) is 12.1 Å². The largest absolute Gasteiger partial charge is 0.349 e. The molecular formula is C17H30N2O3. The van der Waals surface area contributed by atoms with E-state index in [1.165, 1.54) is 0 Å². The maximum Gasteiger partial charge on any atom is 0.254 e. The number of nitrogens with zero attached hydrogens (tertiary/aromatic N) is 2. The molecule has 5 heteroatoms. The van der Waals surface area contributed by atoms with Gasteiger partial charge in [-0.05, 0) is 53.7 Å². The van der Waals surface area contributed by atoms with E-state index in [4.69, 9.17) is 4.84 Å². The number of hydrogen-bond donors (Lipinski definition) is 0. The van der Waals surface area contributed by atoms with E-state index in [-0.39, 0.29) is 37.6 Å². The fraction of sp³-hybridized carbons (Fsp3) is 0.647. The second kappa shape index (κ2) is 7.58. The highest BCUT2D eigenvalue weighted by Gasteiger charge is 2.33. The first kappa shape index (κ1) is 20.4. The molecule has 22 heavy (non-hydrogen) atoms. The molecule has 0 aliphatic carbocycles. The minimum Gasteiger partial charge on any atom is -0.349 e. The van der Waals surface area contributed by atoms with E-state index in [0.717, 1.165) is 5.06 Å². The van der Waals surface area contributed by atoms with E-state index in [9.17, 15) is 9.59 Å². The van der Waals surface area contributed by atoms with Gasteiger partial charge in [0.05, 0.1) is 5.60 Å². The Bertz CT molecular complexity index is 463. The van der Waals surface area contributed by atoms with Crippen molar-refractivity contribution in [3.63, 3.8) is 0 Å². The SMILES string of the molecule is C.CC(C)(C)ON1C(=O)CCC1=O.CC(C)(C)n1cccc1. The van der Waals surface area contributed by atoms with E-state index >= 15 is 0 Å². The number of aromatic nitrogens is 1. The number of hydrogen-bond acceptors (Lipinski definition) is 3. The summed E-state index contributed by atoms with van der Waals surface area (Å²) in [6.45, 7) is 12.0. The molecule has 0 unspecified atom stereocenters. The smallest absolute Gasteiger partial charge is 0.254 e. The second-order valence-corrected chi connectivity index (χ2v) is 7.05. The van der Waals surface area contributed by atoms with Crippen LogP contribution in [0.5, 0.6) is 0 Å². The summed E-state index contributed by atoms with van der Waals surface area (Å²) < 4.78 is 2.19. The number of amides is 2. The van der Waals surface area contributed by atoms with E-state index in [0.29, 0.717) is 0 Å². The van der Waals surface area contributed by atoms with Crippen LogP contribution >= 0.6 is 0 Å². The number of hydroxylamine groups is 2. The molecule has 0 N–H and O–H groups in total. The molecule has 0 aromatic carbocycles. The van der Waals surface area contributed by atoms with Gasteiger partial charge in [0.25, 0.3) is 11.8 Å². The molecule has 1 saturated heterocycles. The van der Waals surface area contributed by atoms with Crippen molar-refractivity contribution in [2.45, 2.75) is 73.0 Å². The Labute approximate surface area is 134 Å². The number of rotatable bonds is 1. The van der Waals surface area contributed by atoms with Gasteiger partial charge < -0.3 is 4.57 Å². The van der Waals surface area contributed by atoms with Crippen LogP contribution in [0.1, 0.15) is 61.8 Å². The first-order valence-electron chi connectivity index (χ1n) is 7.19. The highest BCUT2D eigenvalue weighted by atomic mass is 16.7. The van der Waals surface area contributed by atoms with Crippen molar-refractivity contribution in [1.82, 2.24) is 9.63 Å². The molecule has 2 rings (SSSR count). The van der Waals surface area contributed by atoms with Crippen molar-refractivity contribution in [2.24, 2.45) is 0 Å². The van der Waals surface area contributed by atoms with Crippen molar-refractivity contribution in [1.29, 1.82) is 0 Å².